The number of nitrogens with zero attached hydrogens (tertiary/aromatic N) is 1. The van der Waals surface area contributed by atoms with Gasteiger partial charge in [-0.1, -0.05) is 30.3 Å². The van der Waals surface area contributed by atoms with Gasteiger partial charge in [-0.15, -0.1) is 0 Å². The van der Waals surface area contributed by atoms with Crippen LogP contribution in [-0.4, -0.2) is 23.9 Å². The molecule has 1 amide bonds. The van der Waals surface area contributed by atoms with Crippen molar-refractivity contribution in [3.05, 3.63) is 69.3 Å². The number of hydrogen-bond acceptors (Lipinski definition) is 3. The highest BCUT2D eigenvalue weighted by Crippen LogP contribution is 2.15. The Balaban J connectivity index is 1.77. The largest absolute Gasteiger partial charge is 0.427 e. The van der Waals surface area contributed by atoms with Crippen LogP contribution in [0.1, 0.15) is 40.1 Å². The van der Waals surface area contributed by atoms with E-state index in [1.807, 2.05) is 31.2 Å². The number of rotatable bonds is 4. The van der Waals surface area contributed by atoms with Gasteiger partial charge in [0.25, 0.3) is 5.91 Å². The van der Waals surface area contributed by atoms with Crippen molar-refractivity contribution >= 4 is 5.91 Å². The summed E-state index contributed by atoms with van der Waals surface area (Å²) in [6, 6.07) is 11.9. The van der Waals surface area contributed by atoms with E-state index >= 15 is 0 Å². The molecule has 0 spiro atoms. The van der Waals surface area contributed by atoms with Gasteiger partial charge < -0.3 is 9.32 Å². The summed E-state index contributed by atoms with van der Waals surface area (Å²) in [7, 11) is 0. The Kier molecular flexibility index (Phi) is 4.60. The minimum atomic E-state index is -0.509. The number of benzene rings is 1. The Morgan fingerprint density at radius 1 is 1.13 bits per heavy atom. The number of hydrogen-bond donors (Lipinski definition) is 0. The molecule has 1 aliphatic heterocycles. The van der Waals surface area contributed by atoms with Gasteiger partial charge in [0, 0.05) is 19.5 Å². The third-order valence-corrected chi connectivity index (χ3v) is 4.31. The number of carbonyl (C=O) groups excluding carboxylic acids is 1. The molecule has 2 aromatic rings. The monoisotopic (exact) mass is 311 g/mol. The predicted octanol–water partition coefficient (Wildman–Crippen LogP) is 2.97. The van der Waals surface area contributed by atoms with Gasteiger partial charge in [-0.3, -0.25) is 4.79 Å². The summed E-state index contributed by atoms with van der Waals surface area (Å²) >= 11 is 0. The summed E-state index contributed by atoms with van der Waals surface area (Å²) in [5, 5.41) is 0. The second-order valence-electron chi connectivity index (χ2n) is 6.04. The second-order valence-corrected chi connectivity index (χ2v) is 6.04. The maximum absolute atomic E-state index is 12.4. The number of likely N-dealkylation sites (tertiary alicyclic amines) is 1. The van der Waals surface area contributed by atoms with Crippen molar-refractivity contribution in [2.75, 3.05) is 13.1 Å². The van der Waals surface area contributed by atoms with E-state index in [9.17, 15) is 9.59 Å². The molecule has 1 aliphatic rings. The number of amides is 1. The molecule has 1 saturated heterocycles. The molecule has 0 N–H and O–H groups in total. The van der Waals surface area contributed by atoms with Crippen LogP contribution in [0.2, 0.25) is 0 Å². The molecule has 120 valence electrons. The zero-order valence-electron chi connectivity index (χ0n) is 13.4. The van der Waals surface area contributed by atoms with Crippen molar-refractivity contribution in [1.29, 1.82) is 0 Å². The molecule has 0 saturated carbocycles. The van der Waals surface area contributed by atoms with Crippen LogP contribution in [0.15, 0.2) is 45.6 Å². The molecule has 1 aromatic heterocycles. The van der Waals surface area contributed by atoms with Gasteiger partial charge in [-0.25, -0.2) is 4.79 Å². The smallest absolute Gasteiger partial charge is 0.349 e. The third-order valence-electron chi connectivity index (χ3n) is 4.31. The Hall–Kier alpha value is -2.36. The van der Waals surface area contributed by atoms with E-state index in [1.54, 1.807) is 4.90 Å². The topological polar surface area (TPSA) is 50.5 Å². The molecule has 0 radical (unpaired) electrons. The molecular formula is C19H21NO3. The molecule has 23 heavy (non-hydrogen) atoms. The van der Waals surface area contributed by atoms with E-state index in [1.165, 1.54) is 5.56 Å². The molecule has 0 bridgehead atoms. The van der Waals surface area contributed by atoms with Crippen LogP contribution < -0.4 is 5.63 Å². The fourth-order valence-electron chi connectivity index (χ4n) is 3.04. The molecule has 4 nitrogen and oxygen atoms in total. The summed E-state index contributed by atoms with van der Waals surface area (Å²) in [5.41, 5.74) is 1.59. The van der Waals surface area contributed by atoms with E-state index in [0.29, 0.717) is 17.7 Å². The van der Waals surface area contributed by atoms with Crippen molar-refractivity contribution < 1.29 is 9.21 Å². The normalized spacial score (nSPS) is 14.2. The van der Waals surface area contributed by atoms with E-state index < -0.39 is 5.63 Å². The Labute approximate surface area is 135 Å². The minimum Gasteiger partial charge on any atom is -0.427 e. The molecule has 2 heterocycles. The number of aryl methyl sites for hydroxylation is 3. The van der Waals surface area contributed by atoms with Crippen LogP contribution in [0.5, 0.6) is 0 Å². The summed E-state index contributed by atoms with van der Waals surface area (Å²) < 4.78 is 5.39. The highest BCUT2D eigenvalue weighted by atomic mass is 16.4. The number of carbonyl (C=O) groups is 1. The third kappa shape index (κ3) is 3.52. The molecule has 0 unspecified atom stereocenters. The van der Waals surface area contributed by atoms with Crippen molar-refractivity contribution in [1.82, 2.24) is 4.90 Å². The Bertz CT molecular complexity index is 743. The summed E-state index contributed by atoms with van der Waals surface area (Å²) in [6.07, 6.45) is 3.47. The van der Waals surface area contributed by atoms with Gasteiger partial charge >= 0.3 is 5.63 Å². The lowest BCUT2D eigenvalue weighted by Crippen LogP contribution is -2.32. The van der Waals surface area contributed by atoms with Gasteiger partial charge in [0.2, 0.25) is 0 Å². The van der Waals surface area contributed by atoms with Crippen LogP contribution in [0.3, 0.4) is 0 Å². The van der Waals surface area contributed by atoms with Crippen molar-refractivity contribution in [2.24, 2.45) is 0 Å². The first-order valence-corrected chi connectivity index (χ1v) is 8.12. The average Bonchev–Trinajstić information content (AvgIpc) is 3.07. The van der Waals surface area contributed by atoms with E-state index in [0.717, 1.165) is 32.4 Å². The molecular weight excluding hydrogens is 290 g/mol. The van der Waals surface area contributed by atoms with Gasteiger partial charge in [-0.05, 0) is 43.4 Å². The summed E-state index contributed by atoms with van der Waals surface area (Å²) in [6.45, 7) is 3.27. The SMILES string of the molecule is Cc1cc(CCc2ccccc2)oc(=O)c1C(=O)N1CCCC1. The lowest BCUT2D eigenvalue weighted by molar-refractivity contribution is 0.0787. The van der Waals surface area contributed by atoms with E-state index in [2.05, 4.69) is 12.1 Å². The fraction of sp³-hybridized carbons (Fsp3) is 0.368. The van der Waals surface area contributed by atoms with E-state index in [4.69, 9.17) is 4.42 Å². The average molecular weight is 311 g/mol. The van der Waals surface area contributed by atoms with Crippen LogP contribution in [0.25, 0.3) is 0 Å². The highest BCUT2D eigenvalue weighted by Gasteiger charge is 2.24. The van der Waals surface area contributed by atoms with Crippen LogP contribution in [0.4, 0.5) is 0 Å². The van der Waals surface area contributed by atoms with Gasteiger partial charge in [-0.2, -0.15) is 0 Å². The Morgan fingerprint density at radius 2 is 1.83 bits per heavy atom. The first-order valence-electron chi connectivity index (χ1n) is 8.12. The van der Waals surface area contributed by atoms with Gasteiger partial charge in [0.1, 0.15) is 11.3 Å². The quantitative estimate of drug-likeness (QED) is 0.872. The second kappa shape index (κ2) is 6.82. The first-order chi connectivity index (χ1) is 11.1. The molecule has 3 rings (SSSR count). The fourth-order valence-corrected chi connectivity index (χ4v) is 3.04. The minimum absolute atomic E-state index is 0.190. The predicted molar refractivity (Wildman–Crippen MR) is 88.7 cm³/mol. The van der Waals surface area contributed by atoms with Gasteiger partial charge in [0.15, 0.2) is 0 Å². The molecule has 0 atom stereocenters. The highest BCUT2D eigenvalue weighted by molar-refractivity contribution is 5.95. The maximum Gasteiger partial charge on any atom is 0.349 e. The van der Waals surface area contributed by atoms with Crippen molar-refractivity contribution in [3.8, 4) is 0 Å². The molecule has 0 aliphatic carbocycles. The lowest BCUT2D eigenvalue weighted by atomic mass is 10.1. The summed E-state index contributed by atoms with van der Waals surface area (Å²) in [4.78, 5) is 26.4. The van der Waals surface area contributed by atoms with Crippen LogP contribution in [0, 0.1) is 6.92 Å². The van der Waals surface area contributed by atoms with Crippen LogP contribution in [-0.2, 0) is 12.8 Å². The molecule has 4 heteroatoms. The molecule has 1 fully saturated rings. The Morgan fingerprint density at radius 3 is 2.48 bits per heavy atom. The lowest BCUT2D eigenvalue weighted by Gasteiger charge is -2.15. The van der Waals surface area contributed by atoms with E-state index in [-0.39, 0.29) is 11.5 Å². The zero-order valence-corrected chi connectivity index (χ0v) is 13.4. The van der Waals surface area contributed by atoms with Crippen LogP contribution >= 0.6 is 0 Å². The molecule has 1 aromatic carbocycles. The van der Waals surface area contributed by atoms with Gasteiger partial charge in [0.05, 0.1) is 0 Å². The zero-order chi connectivity index (χ0) is 16.2. The van der Waals surface area contributed by atoms with Crippen molar-refractivity contribution in [3.63, 3.8) is 0 Å². The first kappa shape index (κ1) is 15.5. The maximum atomic E-state index is 12.4. The standard InChI is InChI=1S/C19H21NO3/c1-14-13-16(10-9-15-7-3-2-4-8-15)23-19(22)17(14)18(21)20-11-5-6-12-20/h2-4,7-8,13H,5-6,9-12H2,1H3. The summed E-state index contributed by atoms with van der Waals surface area (Å²) in [5.74, 6) is 0.442. The van der Waals surface area contributed by atoms with Crippen molar-refractivity contribution in [2.45, 2.75) is 32.6 Å².